The lowest BCUT2D eigenvalue weighted by Crippen LogP contribution is -2.12. The van der Waals surface area contributed by atoms with Gasteiger partial charge in [0, 0.05) is 12.7 Å². The molecule has 0 aliphatic heterocycles. The Balaban J connectivity index is 1.90. The average Bonchev–Trinajstić information content (AvgIpc) is 2.89. The first-order valence-corrected chi connectivity index (χ1v) is 6.67. The standard InChI is InChI=1S/C16H19NO2/c1-2-19-16(18)15-11-7-13-17(15)12-6-10-14-8-4-3-5-9-14/h3-5,7-9,11,13H,2,6,10,12H2,1H3. The van der Waals surface area contributed by atoms with Crippen LogP contribution in [0.2, 0.25) is 0 Å². The van der Waals surface area contributed by atoms with Gasteiger partial charge in [-0.05, 0) is 37.5 Å². The van der Waals surface area contributed by atoms with Crippen molar-refractivity contribution in [2.45, 2.75) is 26.3 Å². The van der Waals surface area contributed by atoms with E-state index in [0.717, 1.165) is 19.4 Å². The molecule has 3 nitrogen and oxygen atoms in total. The number of rotatable bonds is 6. The Labute approximate surface area is 113 Å². The van der Waals surface area contributed by atoms with E-state index >= 15 is 0 Å². The minimum atomic E-state index is -0.243. The van der Waals surface area contributed by atoms with E-state index in [-0.39, 0.29) is 5.97 Å². The van der Waals surface area contributed by atoms with Crippen LogP contribution in [-0.2, 0) is 17.7 Å². The highest BCUT2D eigenvalue weighted by Gasteiger charge is 2.10. The summed E-state index contributed by atoms with van der Waals surface area (Å²) in [4.78, 5) is 11.7. The van der Waals surface area contributed by atoms with Crippen LogP contribution in [0.4, 0.5) is 0 Å². The number of carbonyl (C=O) groups excluding carboxylic acids is 1. The molecule has 1 heterocycles. The Kier molecular flexibility index (Phi) is 4.78. The van der Waals surface area contributed by atoms with Crippen molar-refractivity contribution in [3.8, 4) is 0 Å². The Bertz CT molecular complexity index is 517. The lowest BCUT2D eigenvalue weighted by atomic mass is 10.1. The van der Waals surface area contributed by atoms with Crippen molar-refractivity contribution in [2.75, 3.05) is 6.61 Å². The molecule has 100 valence electrons. The molecule has 2 rings (SSSR count). The summed E-state index contributed by atoms with van der Waals surface area (Å²) in [5, 5.41) is 0. The number of hydrogen-bond donors (Lipinski definition) is 0. The highest BCUT2D eigenvalue weighted by molar-refractivity contribution is 5.87. The minimum absolute atomic E-state index is 0.243. The zero-order valence-corrected chi connectivity index (χ0v) is 11.2. The molecule has 0 bridgehead atoms. The van der Waals surface area contributed by atoms with E-state index in [0.29, 0.717) is 12.3 Å². The fourth-order valence-corrected chi connectivity index (χ4v) is 2.10. The van der Waals surface area contributed by atoms with Gasteiger partial charge in [0.25, 0.3) is 0 Å². The van der Waals surface area contributed by atoms with Gasteiger partial charge >= 0.3 is 5.97 Å². The van der Waals surface area contributed by atoms with Gasteiger partial charge in [-0.25, -0.2) is 4.79 Å². The normalized spacial score (nSPS) is 10.4. The van der Waals surface area contributed by atoms with E-state index in [2.05, 4.69) is 24.3 Å². The van der Waals surface area contributed by atoms with Crippen molar-refractivity contribution < 1.29 is 9.53 Å². The lowest BCUT2D eigenvalue weighted by Gasteiger charge is -2.08. The lowest BCUT2D eigenvalue weighted by molar-refractivity contribution is 0.0513. The second kappa shape index (κ2) is 6.78. The zero-order valence-electron chi connectivity index (χ0n) is 11.2. The second-order valence-electron chi connectivity index (χ2n) is 4.40. The highest BCUT2D eigenvalue weighted by atomic mass is 16.5. The van der Waals surface area contributed by atoms with Gasteiger partial charge in [0.2, 0.25) is 0 Å². The molecule has 19 heavy (non-hydrogen) atoms. The van der Waals surface area contributed by atoms with Crippen molar-refractivity contribution in [3.63, 3.8) is 0 Å². The fourth-order valence-electron chi connectivity index (χ4n) is 2.10. The molecule has 0 aliphatic carbocycles. The van der Waals surface area contributed by atoms with Crippen LogP contribution in [0.3, 0.4) is 0 Å². The molecule has 0 unspecified atom stereocenters. The van der Waals surface area contributed by atoms with E-state index < -0.39 is 0 Å². The van der Waals surface area contributed by atoms with Crippen LogP contribution in [-0.4, -0.2) is 17.1 Å². The van der Waals surface area contributed by atoms with E-state index in [4.69, 9.17) is 4.74 Å². The molecule has 0 saturated heterocycles. The first-order valence-electron chi connectivity index (χ1n) is 6.67. The molecule has 0 N–H and O–H groups in total. The molecule has 0 radical (unpaired) electrons. The number of carbonyl (C=O) groups is 1. The first kappa shape index (κ1) is 13.4. The number of ether oxygens (including phenoxy) is 1. The van der Waals surface area contributed by atoms with Gasteiger partial charge in [-0.2, -0.15) is 0 Å². The zero-order chi connectivity index (χ0) is 13.5. The van der Waals surface area contributed by atoms with E-state index in [1.807, 2.05) is 29.8 Å². The molecule has 0 atom stereocenters. The molecule has 3 heteroatoms. The molecule has 0 spiro atoms. The van der Waals surface area contributed by atoms with Crippen LogP contribution in [0.15, 0.2) is 48.7 Å². The molecule has 1 aromatic heterocycles. The third-order valence-corrected chi connectivity index (χ3v) is 3.02. The SMILES string of the molecule is CCOC(=O)c1cccn1CCCc1ccccc1. The number of aryl methyl sites for hydroxylation is 2. The van der Waals surface area contributed by atoms with Crippen LogP contribution in [0.5, 0.6) is 0 Å². The van der Waals surface area contributed by atoms with Crippen LogP contribution in [0, 0.1) is 0 Å². The van der Waals surface area contributed by atoms with Gasteiger partial charge in [-0.3, -0.25) is 0 Å². The highest BCUT2D eigenvalue weighted by Crippen LogP contribution is 2.08. The Morgan fingerprint density at radius 1 is 1.16 bits per heavy atom. The summed E-state index contributed by atoms with van der Waals surface area (Å²) in [7, 11) is 0. The summed E-state index contributed by atoms with van der Waals surface area (Å²) in [5.41, 5.74) is 1.96. The second-order valence-corrected chi connectivity index (χ2v) is 4.40. The Hall–Kier alpha value is -2.03. The van der Waals surface area contributed by atoms with Gasteiger partial charge in [0.1, 0.15) is 5.69 Å². The van der Waals surface area contributed by atoms with Crippen molar-refractivity contribution in [2.24, 2.45) is 0 Å². The minimum Gasteiger partial charge on any atom is -0.461 e. The molecular weight excluding hydrogens is 238 g/mol. The topological polar surface area (TPSA) is 31.2 Å². The number of nitrogens with zero attached hydrogens (tertiary/aromatic N) is 1. The maximum absolute atomic E-state index is 11.7. The van der Waals surface area contributed by atoms with Crippen LogP contribution >= 0.6 is 0 Å². The summed E-state index contributed by atoms with van der Waals surface area (Å²) in [6.07, 6.45) is 3.95. The quantitative estimate of drug-likeness (QED) is 0.743. The summed E-state index contributed by atoms with van der Waals surface area (Å²) in [6, 6.07) is 14.1. The summed E-state index contributed by atoms with van der Waals surface area (Å²) in [5.74, 6) is -0.243. The van der Waals surface area contributed by atoms with Crippen LogP contribution in [0.1, 0.15) is 29.4 Å². The average molecular weight is 257 g/mol. The molecule has 0 aliphatic rings. The van der Waals surface area contributed by atoms with Crippen LogP contribution in [0.25, 0.3) is 0 Å². The Morgan fingerprint density at radius 2 is 1.95 bits per heavy atom. The molecule has 2 aromatic rings. The van der Waals surface area contributed by atoms with Gasteiger partial charge in [0.05, 0.1) is 6.61 Å². The van der Waals surface area contributed by atoms with Gasteiger partial charge in [0.15, 0.2) is 0 Å². The third-order valence-electron chi connectivity index (χ3n) is 3.02. The predicted octanol–water partition coefficient (Wildman–Crippen LogP) is 3.30. The van der Waals surface area contributed by atoms with Gasteiger partial charge in [-0.15, -0.1) is 0 Å². The number of aromatic nitrogens is 1. The fraction of sp³-hybridized carbons (Fsp3) is 0.312. The molecular formula is C16H19NO2. The van der Waals surface area contributed by atoms with Crippen molar-refractivity contribution in [1.29, 1.82) is 0 Å². The smallest absolute Gasteiger partial charge is 0.354 e. The molecule has 0 fully saturated rings. The predicted molar refractivity (Wildman–Crippen MR) is 75.2 cm³/mol. The van der Waals surface area contributed by atoms with E-state index in [1.54, 1.807) is 6.07 Å². The number of esters is 1. The summed E-state index contributed by atoms with van der Waals surface area (Å²) >= 11 is 0. The number of benzene rings is 1. The van der Waals surface area contributed by atoms with Gasteiger partial charge < -0.3 is 9.30 Å². The first-order chi connectivity index (χ1) is 9.31. The maximum atomic E-state index is 11.7. The van der Waals surface area contributed by atoms with Crippen LogP contribution < -0.4 is 0 Å². The van der Waals surface area contributed by atoms with Crippen molar-refractivity contribution in [3.05, 3.63) is 59.9 Å². The summed E-state index contributed by atoms with van der Waals surface area (Å²) in [6.45, 7) is 3.06. The largest absolute Gasteiger partial charge is 0.461 e. The van der Waals surface area contributed by atoms with E-state index in [1.165, 1.54) is 5.56 Å². The number of hydrogen-bond acceptors (Lipinski definition) is 2. The summed E-state index contributed by atoms with van der Waals surface area (Å²) < 4.78 is 6.99. The monoisotopic (exact) mass is 257 g/mol. The van der Waals surface area contributed by atoms with E-state index in [9.17, 15) is 4.79 Å². The van der Waals surface area contributed by atoms with Crippen molar-refractivity contribution >= 4 is 5.97 Å². The molecule has 0 amide bonds. The third kappa shape index (κ3) is 3.71. The van der Waals surface area contributed by atoms with Crippen molar-refractivity contribution in [1.82, 2.24) is 4.57 Å². The molecule has 1 aromatic carbocycles. The van der Waals surface area contributed by atoms with Gasteiger partial charge in [-0.1, -0.05) is 30.3 Å². The molecule has 0 saturated carbocycles. The Morgan fingerprint density at radius 3 is 2.68 bits per heavy atom. The maximum Gasteiger partial charge on any atom is 0.354 e.